The summed E-state index contributed by atoms with van der Waals surface area (Å²) in [7, 11) is 0. The smallest absolute Gasteiger partial charge is 0.137 e. The highest BCUT2D eigenvalue weighted by Crippen LogP contribution is 2.41. The number of fused-ring (bicyclic) bond motifs is 9. The molecular formula is C48H30N2O. The molecule has 11 rings (SSSR count). The van der Waals surface area contributed by atoms with Crippen molar-refractivity contribution in [2.75, 3.05) is 0 Å². The summed E-state index contributed by atoms with van der Waals surface area (Å²) in [4.78, 5) is 0. The molecule has 0 fully saturated rings. The van der Waals surface area contributed by atoms with Crippen molar-refractivity contribution in [3.63, 3.8) is 0 Å². The average Bonchev–Trinajstić information content (AvgIpc) is 3.85. The van der Waals surface area contributed by atoms with Gasteiger partial charge in [0, 0.05) is 32.6 Å². The van der Waals surface area contributed by atoms with Gasteiger partial charge in [0.05, 0.1) is 33.1 Å². The Bertz CT molecular complexity index is 3140. The number of nitrogens with zero attached hydrogens (tertiary/aromatic N) is 2. The van der Waals surface area contributed by atoms with Gasteiger partial charge in [0.1, 0.15) is 11.2 Å². The van der Waals surface area contributed by atoms with Crippen LogP contribution in [-0.4, -0.2) is 9.13 Å². The quantitative estimate of drug-likeness (QED) is 0.186. The molecule has 0 aliphatic carbocycles. The van der Waals surface area contributed by atoms with E-state index in [1.54, 1.807) is 0 Å². The highest BCUT2D eigenvalue weighted by Gasteiger charge is 2.19. The van der Waals surface area contributed by atoms with Crippen LogP contribution in [0.3, 0.4) is 0 Å². The fraction of sp³-hybridized carbons (Fsp3) is 0. The second kappa shape index (κ2) is 10.8. The summed E-state index contributed by atoms with van der Waals surface area (Å²) >= 11 is 0. The summed E-state index contributed by atoms with van der Waals surface area (Å²) in [6.07, 6.45) is 0. The van der Waals surface area contributed by atoms with Crippen molar-refractivity contribution >= 4 is 65.6 Å². The second-order valence-electron chi connectivity index (χ2n) is 13.3. The largest absolute Gasteiger partial charge is 0.456 e. The molecule has 3 heterocycles. The molecular weight excluding hydrogens is 621 g/mol. The number of hydrogen-bond acceptors (Lipinski definition) is 1. The zero-order valence-electron chi connectivity index (χ0n) is 27.6. The Hall–Kier alpha value is -6.84. The van der Waals surface area contributed by atoms with Crippen LogP contribution in [0.4, 0.5) is 0 Å². The van der Waals surface area contributed by atoms with Crippen molar-refractivity contribution in [2.24, 2.45) is 0 Å². The second-order valence-corrected chi connectivity index (χ2v) is 13.3. The molecule has 11 aromatic rings. The Morgan fingerprint density at radius 2 is 0.843 bits per heavy atom. The molecule has 0 saturated heterocycles. The number of rotatable bonds is 4. The fourth-order valence-corrected chi connectivity index (χ4v) is 8.24. The number of aromatic nitrogens is 2. The van der Waals surface area contributed by atoms with E-state index in [0.717, 1.165) is 33.3 Å². The van der Waals surface area contributed by atoms with Crippen molar-refractivity contribution in [3.05, 3.63) is 182 Å². The van der Waals surface area contributed by atoms with Gasteiger partial charge in [-0.25, -0.2) is 0 Å². The third-order valence-corrected chi connectivity index (χ3v) is 10.5. The van der Waals surface area contributed by atoms with Crippen LogP contribution in [0.5, 0.6) is 0 Å². The van der Waals surface area contributed by atoms with Crippen LogP contribution in [0.25, 0.3) is 99.2 Å². The van der Waals surface area contributed by atoms with Gasteiger partial charge in [0.15, 0.2) is 0 Å². The van der Waals surface area contributed by atoms with Crippen molar-refractivity contribution < 1.29 is 4.42 Å². The Morgan fingerprint density at radius 3 is 1.59 bits per heavy atom. The van der Waals surface area contributed by atoms with Gasteiger partial charge in [-0.05, 0) is 89.0 Å². The van der Waals surface area contributed by atoms with Crippen LogP contribution in [0.2, 0.25) is 0 Å². The monoisotopic (exact) mass is 650 g/mol. The van der Waals surface area contributed by atoms with E-state index < -0.39 is 0 Å². The molecule has 238 valence electrons. The molecule has 0 atom stereocenters. The van der Waals surface area contributed by atoms with Gasteiger partial charge < -0.3 is 13.6 Å². The maximum atomic E-state index is 6.30. The van der Waals surface area contributed by atoms with Crippen LogP contribution >= 0.6 is 0 Å². The van der Waals surface area contributed by atoms with Gasteiger partial charge >= 0.3 is 0 Å². The van der Waals surface area contributed by atoms with Crippen molar-refractivity contribution in [2.45, 2.75) is 0 Å². The molecule has 0 amide bonds. The summed E-state index contributed by atoms with van der Waals surface area (Å²) in [5, 5.41) is 7.22. The van der Waals surface area contributed by atoms with E-state index in [4.69, 9.17) is 4.42 Å². The molecule has 0 bridgehead atoms. The normalized spacial score (nSPS) is 11.9. The molecule has 0 spiro atoms. The Morgan fingerprint density at radius 1 is 0.314 bits per heavy atom. The van der Waals surface area contributed by atoms with E-state index in [2.05, 4.69) is 179 Å². The SMILES string of the molecule is c1ccc(-c2cccc(-n3c4ccccc4c4cc(-c5ccc6c(c5)c5ccccc5n6-c5cccc6oc7ccccc7c56)ccc43)c2)cc1. The first-order chi connectivity index (χ1) is 25.3. The molecule has 0 N–H and O–H groups in total. The molecule has 0 aliphatic heterocycles. The minimum Gasteiger partial charge on any atom is -0.456 e. The lowest BCUT2D eigenvalue weighted by Gasteiger charge is -2.11. The summed E-state index contributed by atoms with van der Waals surface area (Å²) in [6.45, 7) is 0. The maximum absolute atomic E-state index is 6.30. The number of hydrogen-bond donors (Lipinski definition) is 0. The highest BCUT2D eigenvalue weighted by atomic mass is 16.3. The number of furan rings is 1. The summed E-state index contributed by atoms with van der Waals surface area (Å²) in [5.74, 6) is 0. The van der Waals surface area contributed by atoms with E-state index in [9.17, 15) is 0 Å². The molecule has 0 aliphatic rings. The third-order valence-electron chi connectivity index (χ3n) is 10.5. The zero-order chi connectivity index (χ0) is 33.5. The predicted molar refractivity (Wildman–Crippen MR) is 213 cm³/mol. The molecule has 3 aromatic heterocycles. The maximum Gasteiger partial charge on any atom is 0.137 e. The molecule has 3 heteroatoms. The van der Waals surface area contributed by atoms with Crippen LogP contribution < -0.4 is 0 Å². The van der Waals surface area contributed by atoms with Gasteiger partial charge in [-0.3, -0.25) is 0 Å². The van der Waals surface area contributed by atoms with Crippen LogP contribution in [0.15, 0.2) is 186 Å². The molecule has 0 saturated carbocycles. The molecule has 0 unspecified atom stereocenters. The molecule has 8 aromatic carbocycles. The fourth-order valence-electron chi connectivity index (χ4n) is 8.24. The number of para-hydroxylation sites is 3. The van der Waals surface area contributed by atoms with E-state index in [0.29, 0.717) is 0 Å². The first kappa shape index (κ1) is 28.0. The predicted octanol–water partition coefficient (Wildman–Crippen LogP) is 13.1. The van der Waals surface area contributed by atoms with E-state index >= 15 is 0 Å². The minimum absolute atomic E-state index is 0.899. The van der Waals surface area contributed by atoms with Crippen molar-refractivity contribution in [3.8, 4) is 33.6 Å². The highest BCUT2D eigenvalue weighted by molar-refractivity contribution is 6.15. The molecule has 0 radical (unpaired) electrons. The lowest BCUT2D eigenvalue weighted by molar-refractivity contribution is 0.669. The summed E-state index contributed by atoms with van der Waals surface area (Å²) in [6, 6.07) is 65.5. The van der Waals surface area contributed by atoms with Gasteiger partial charge in [0.2, 0.25) is 0 Å². The van der Waals surface area contributed by atoms with Crippen molar-refractivity contribution in [1.29, 1.82) is 0 Å². The zero-order valence-corrected chi connectivity index (χ0v) is 27.6. The van der Waals surface area contributed by atoms with E-state index in [-0.39, 0.29) is 0 Å². The van der Waals surface area contributed by atoms with Gasteiger partial charge in [-0.1, -0.05) is 115 Å². The Labute approximate surface area is 293 Å². The van der Waals surface area contributed by atoms with Gasteiger partial charge in [-0.2, -0.15) is 0 Å². The summed E-state index contributed by atoms with van der Waals surface area (Å²) < 4.78 is 11.1. The lowest BCUT2D eigenvalue weighted by Crippen LogP contribution is -1.94. The minimum atomic E-state index is 0.899. The summed E-state index contributed by atoms with van der Waals surface area (Å²) in [5.41, 5.74) is 13.7. The Balaban J connectivity index is 1.10. The first-order valence-electron chi connectivity index (χ1n) is 17.4. The first-order valence-corrected chi connectivity index (χ1v) is 17.4. The third kappa shape index (κ3) is 4.19. The Kier molecular flexibility index (Phi) is 5.96. The number of benzene rings is 8. The molecule has 51 heavy (non-hydrogen) atoms. The van der Waals surface area contributed by atoms with E-state index in [1.807, 2.05) is 12.1 Å². The van der Waals surface area contributed by atoms with E-state index in [1.165, 1.54) is 65.9 Å². The van der Waals surface area contributed by atoms with Gasteiger partial charge in [-0.15, -0.1) is 0 Å². The topological polar surface area (TPSA) is 23.0 Å². The standard InChI is InChI=1S/C48H30N2O/c1-2-12-31(13-3-1)32-14-10-15-35(28-32)49-41-19-7-4-16-36(41)39-29-33(24-26-43(39)49)34-25-27-44-40(30-34)37-17-5-8-20-42(37)50(44)45-21-11-23-47-48(45)38-18-6-9-22-46(38)51-47/h1-30H. The van der Waals surface area contributed by atoms with Crippen LogP contribution in [0.1, 0.15) is 0 Å². The molecule has 3 nitrogen and oxygen atoms in total. The van der Waals surface area contributed by atoms with Crippen LogP contribution in [0, 0.1) is 0 Å². The average molecular weight is 651 g/mol. The van der Waals surface area contributed by atoms with Crippen molar-refractivity contribution in [1.82, 2.24) is 9.13 Å². The van der Waals surface area contributed by atoms with Crippen LogP contribution in [-0.2, 0) is 0 Å². The lowest BCUT2D eigenvalue weighted by atomic mass is 10.0. The van der Waals surface area contributed by atoms with Gasteiger partial charge in [0.25, 0.3) is 0 Å².